The monoisotopic (exact) mass is 287 g/mol. The van der Waals surface area contributed by atoms with E-state index < -0.39 is 0 Å². The third-order valence-corrected chi connectivity index (χ3v) is 4.77. The summed E-state index contributed by atoms with van der Waals surface area (Å²) in [5.41, 5.74) is -0.0707. The third kappa shape index (κ3) is 2.73. The predicted molar refractivity (Wildman–Crippen MR) is 73.3 cm³/mol. The third-order valence-electron chi connectivity index (χ3n) is 3.55. The van der Waals surface area contributed by atoms with Crippen molar-refractivity contribution in [2.24, 2.45) is 0 Å². The Morgan fingerprint density at radius 2 is 2.44 bits per heavy atom. The molecule has 0 aromatic carbocycles. The van der Waals surface area contributed by atoms with Gasteiger partial charge in [-0.15, -0.1) is 11.3 Å². The highest BCUT2D eigenvalue weighted by Gasteiger charge is 2.42. The quantitative estimate of drug-likeness (QED) is 0.835. The van der Waals surface area contributed by atoms with Crippen LogP contribution >= 0.6 is 22.9 Å². The van der Waals surface area contributed by atoms with E-state index in [4.69, 9.17) is 21.1 Å². The zero-order chi connectivity index (χ0) is 12.6. The van der Waals surface area contributed by atoms with Gasteiger partial charge in [0.25, 0.3) is 0 Å². The Hall–Kier alpha value is -0.130. The minimum Gasteiger partial charge on any atom is -0.378 e. The summed E-state index contributed by atoms with van der Waals surface area (Å²) in [7, 11) is 0. The lowest BCUT2D eigenvalue weighted by Gasteiger charge is -2.42. The molecule has 0 aliphatic carbocycles. The molecule has 2 atom stereocenters. The molecule has 1 spiro atoms. The van der Waals surface area contributed by atoms with Gasteiger partial charge >= 0.3 is 0 Å². The van der Waals surface area contributed by atoms with E-state index in [9.17, 15) is 0 Å². The molecule has 0 unspecified atom stereocenters. The molecule has 18 heavy (non-hydrogen) atoms. The molecule has 0 bridgehead atoms. The van der Waals surface area contributed by atoms with E-state index >= 15 is 0 Å². The number of hydrogen-bond donors (Lipinski definition) is 0. The number of thiophene rings is 1. The summed E-state index contributed by atoms with van der Waals surface area (Å²) < 4.78 is 12.5. The van der Waals surface area contributed by atoms with E-state index in [-0.39, 0.29) is 11.7 Å². The van der Waals surface area contributed by atoms with Crippen molar-refractivity contribution in [3.63, 3.8) is 0 Å². The highest BCUT2D eigenvalue weighted by molar-refractivity contribution is 7.16. The Labute approximate surface area is 117 Å². The molecule has 3 rings (SSSR count). The van der Waals surface area contributed by atoms with Crippen molar-refractivity contribution in [3.8, 4) is 0 Å². The number of ether oxygens (including phenoxy) is 2. The van der Waals surface area contributed by atoms with Crippen molar-refractivity contribution in [1.29, 1.82) is 0 Å². The van der Waals surface area contributed by atoms with E-state index in [1.165, 1.54) is 4.88 Å². The molecule has 3 nitrogen and oxygen atoms in total. The Morgan fingerprint density at radius 1 is 1.56 bits per heavy atom. The Bertz CT molecular complexity index is 417. The maximum absolute atomic E-state index is 6.12. The lowest BCUT2D eigenvalue weighted by Crippen LogP contribution is -2.54. The lowest BCUT2D eigenvalue weighted by molar-refractivity contribution is -0.149. The topological polar surface area (TPSA) is 21.7 Å². The SMILES string of the molecule is C[C@H]1CN(Cc2ccc(Cl)s2)C[C@]2(CCOC2)O1. The minimum absolute atomic E-state index is 0.0707. The van der Waals surface area contributed by atoms with Gasteiger partial charge in [-0.05, 0) is 19.1 Å². The molecule has 2 fully saturated rings. The van der Waals surface area contributed by atoms with Crippen LogP contribution < -0.4 is 0 Å². The summed E-state index contributed by atoms with van der Waals surface area (Å²) in [6.45, 7) is 6.62. The van der Waals surface area contributed by atoms with Crippen molar-refractivity contribution in [1.82, 2.24) is 4.90 Å². The Kier molecular flexibility index (Phi) is 3.65. The van der Waals surface area contributed by atoms with Gasteiger partial charge in [-0.2, -0.15) is 0 Å². The van der Waals surface area contributed by atoms with Gasteiger partial charge in [-0.1, -0.05) is 11.6 Å². The second-order valence-corrected chi connectivity index (χ2v) is 7.09. The van der Waals surface area contributed by atoms with Crippen molar-refractivity contribution in [2.75, 3.05) is 26.3 Å². The van der Waals surface area contributed by atoms with Crippen LogP contribution in [0.5, 0.6) is 0 Å². The molecule has 3 heterocycles. The summed E-state index contributed by atoms with van der Waals surface area (Å²) in [5.74, 6) is 0. The van der Waals surface area contributed by atoms with Crippen molar-refractivity contribution in [2.45, 2.75) is 31.6 Å². The normalized spacial score (nSPS) is 33.3. The van der Waals surface area contributed by atoms with Gasteiger partial charge in [0.05, 0.1) is 17.0 Å². The number of halogens is 1. The average molecular weight is 288 g/mol. The fourth-order valence-corrected chi connectivity index (χ4v) is 4.05. The van der Waals surface area contributed by atoms with Gasteiger partial charge in [0.2, 0.25) is 0 Å². The summed E-state index contributed by atoms with van der Waals surface area (Å²) >= 11 is 7.65. The molecule has 0 saturated carbocycles. The number of morpholine rings is 1. The van der Waals surface area contributed by atoms with Crippen molar-refractivity contribution < 1.29 is 9.47 Å². The van der Waals surface area contributed by atoms with Gasteiger partial charge in [0.1, 0.15) is 5.60 Å². The minimum atomic E-state index is -0.0707. The van der Waals surface area contributed by atoms with Crippen LogP contribution in [0.15, 0.2) is 12.1 Å². The molecule has 2 aliphatic rings. The van der Waals surface area contributed by atoms with E-state index in [0.717, 1.165) is 43.6 Å². The molecule has 0 amide bonds. The fraction of sp³-hybridized carbons (Fsp3) is 0.692. The van der Waals surface area contributed by atoms with Crippen LogP contribution in [-0.4, -0.2) is 42.9 Å². The number of hydrogen-bond acceptors (Lipinski definition) is 4. The first kappa shape index (κ1) is 12.9. The van der Waals surface area contributed by atoms with Crippen LogP contribution in [0.2, 0.25) is 4.34 Å². The summed E-state index contributed by atoms with van der Waals surface area (Å²) in [5, 5.41) is 0. The molecule has 5 heteroatoms. The molecule has 0 radical (unpaired) electrons. The molecule has 100 valence electrons. The lowest BCUT2D eigenvalue weighted by atomic mass is 9.99. The van der Waals surface area contributed by atoms with E-state index in [1.54, 1.807) is 11.3 Å². The van der Waals surface area contributed by atoms with E-state index in [0.29, 0.717) is 0 Å². The second-order valence-electron chi connectivity index (χ2n) is 5.29. The van der Waals surface area contributed by atoms with Crippen LogP contribution in [-0.2, 0) is 16.0 Å². The number of nitrogens with zero attached hydrogens (tertiary/aromatic N) is 1. The standard InChI is InChI=1S/C13H18ClNO2S/c1-10-6-15(7-11-2-3-12(14)18-11)8-13(17-10)4-5-16-9-13/h2-3,10H,4-9H2,1H3/t10-,13-/m0/s1. The maximum atomic E-state index is 6.12. The molecule has 1 aromatic heterocycles. The van der Waals surface area contributed by atoms with Crippen LogP contribution in [0, 0.1) is 0 Å². The molecular formula is C13H18ClNO2S. The predicted octanol–water partition coefficient (Wildman–Crippen LogP) is 2.78. The summed E-state index contributed by atoms with van der Waals surface area (Å²) in [4.78, 5) is 3.79. The summed E-state index contributed by atoms with van der Waals surface area (Å²) in [6, 6.07) is 4.09. The van der Waals surface area contributed by atoms with Crippen LogP contribution in [0.1, 0.15) is 18.2 Å². The fourth-order valence-electron chi connectivity index (χ4n) is 2.92. The largest absolute Gasteiger partial charge is 0.378 e. The molecule has 2 saturated heterocycles. The maximum Gasteiger partial charge on any atom is 0.107 e. The van der Waals surface area contributed by atoms with Gasteiger partial charge < -0.3 is 9.47 Å². The first-order valence-electron chi connectivity index (χ1n) is 6.37. The summed E-state index contributed by atoms with van der Waals surface area (Å²) in [6.07, 6.45) is 1.29. The first-order valence-corrected chi connectivity index (χ1v) is 7.57. The Balaban J connectivity index is 1.68. The molecule has 0 N–H and O–H groups in total. The first-order chi connectivity index (χ1) is 8.65. The van der Waals surface area contributed by atoms with Gasteiger partial charge in [0.15, 0.2) is 0 Å². The van der Waals surface area contributed by atoms with E-state index in [2.05, 4.69) is 17.9 Å². The smallest absolute Gasteiger partial charge is 0.107 e. The van der Waals surface area contributed by atoms with Crippen LogP contribution in [0.3, 0.4) is 0 Å². The highest BCUT2D eigenvalue weighted by Crippen LogP contribution is 2.31. The van der Waals surface area contributed by atoms with Gasteiger partial charge in [0, 0.05) is 37.5 Å². The van der Waals surface area contributed by atoms with Crippen molar-refractivity contribution >= 4 is 22.9 Å². The average Bonchev–Trinajstić information content (AvgIpc) is 2.88. The zero-order valence-electron chi connectivity index (χ0n) is 10.5. The van der Waals surface area contributed by atoms with Gasteiger partial charge in [-0.25, -0.2) is 0 Å². The van der Waals surface area contributed by atoms with E-state index in [1.807, 2.05) is 6.07 Å². The molecular weight excluding hydrogens is 270 g/mol. The van der Waals surface area contributed by atoms with Crippen LogP contribution in [0.4, 0.5) is 0 Å². The zero-order valence-corrected chi connectivity index (χ0v) is 12.1. The second kappa shape index (κ2) is 5.10. The van der Waals surface area contributed by atoms with Crippen LogP contribution in [0.25, 0.3) is 0 Å². The number of rotatable bonds is 2. The molecule has 2 aliphatic heterocycles. The van der Waals surface area contributed by atoms with Crippen molar-refractivity contribution in [3.05, 3.63) is 21.3 Å². The Morgan fingerprint density at radius 3 is 3.11 bits per heavy atom. The highest BCUT2D eigenvalue weighted by atomic mass is 35.5. The van der Waals surface area contributed by atoms with Gasteiger partial charge in [-0.3, -0.25) is 4.90 Å². The molecule has 1 aromatic rings.